The Balaban J connectivity index is 1.44. The van der Waals surface area contributed by atoms with Crippen LogP contribution in [0.2, 0.25) is 0 Å². The largest absolute Gasteiger partial charge is 0.497 e. The van der Waals surface area contributed by atoms with Gasteiger partial charge in [-0.25, -0.2) is 4.79 Å². The molecule has 4 rings (SSSR count). The third-order valence-electron chi connectivity index (χ3n) is 5.24. The smallest absolute Gasteiger partial charge is 0.343 e. The van der Waals surface area contributed by atoms with Gasteiger partial charge in [-0.15, -0.1) is 0 Å². The fraction of sp³-hybridized carbons (Fsp3) is 0.160. The van der Waals surface area contributed by atoms with E-state index in [4.69, 9.17) is 9.47 Å². The summed E-state index contributed by atoms with van der Waals surface area (Å²) in [6.07, 6.45) is 0.120. The number of methoxy groups -OCH3 is 1. The highest BCUT2D eigenvalue weighted by Gasteiger charge is 2.35. The van der Waals surface area contributed by atoms with Gasteiger partial charge in [-0.3, -0.25) is 9.59 Å². The monoisotopic (exact) mass is 430 g/mol. The summed E-state index contributed by atoms with van der Waals surface area (Å²) in [5.74, 6) is -0.607. The molecule has 1 fully saturated rings. The van der Waals surface area contributed by atoms with Crippen molar-refractivity contribution in [2.45, 2.75) is 6.42 Å². The molecule has 1 atom stereocenters. The third kappa shape index (κ3) is 4.62. The minimum absolute atomic E-state index is 0.101. The first-order chi connectivity index (χ1) is 15.5. The van der Waals surface area contributed by atoms with Gasteiger partial charge in [0.1, 0.15) is 5.75 Å². The molecule has 0 aliphatic carbocycles. The molecule has 1 heterocycles. The number of carbonyl (C=O) groups excluding carboxylic acids is 3. The van der Waals surface area contributed by atoms with Gasteiger partial charge in [-0.2, -0.15) is 0 Å². The first-order valence-electron chi connectivity index (χ1n) is 10.2. The molecular weight excluding hydrogens is 408 g/mol. The summed E-state index contributed by atoms with van der Waals surface area (Å²) in [5.41, 5.74) is 1.48. The fourth-order valence-electron chi connectivity index (χ4n) is 3.52. The fourth-order valence-corrected chi connectivity index (χ4v) is 3.52. The van der Waals surface area contributed by atoms with Crippen LogP contribution in [0.5, 0.6) is 11.5 Å². The number of carbonyl (C=O) groups is 3. The number of hydrogen-bond donors (Lipinski definition) is 1. The average molecular weight is 430 g/mol. The van der Waals surface area contributed by atoms with Crippen LogP contribution in [0.25, 0.3) is 0 Å². The summed E-state index contributed by atoms with van der Waals surface area (Å²) in [7, 11) is 1.54. The van der Waals surface area contributed by atoms with Gasteiger partial charge in [0.15, 0.2) is 5.75 Å². The van der Waals surface area contributed by atoms with Crippen LogP contribution in [0.15, 0.2) is 78.9 Å². The zero-order chi connectivity index (χ0) is 22.5. The molecule has 2 amide bonds. The van der Waals surface area contributed by atoms with E-state index in [2.05, 4.69) is 5.32 Å². The minimum atomic E-state index is -0.555. The molecule has 1 aliphatic heterocycles. The molecule has 0 spiro atoms. The molecule has 1 N–H and O–H groups in total. The second-order valence-corrected chi connectivity index (χ2v) is 7.34. The van der Waals surface area contributed by atoms with Crippen molar-refractivity contribution in [2.75, 3.05) is 23.9 Å². The number of hydrogen-bond acceptors (Lipinski definition) is 5. The minimum Gasteiger partial charge on any atom is -0.497 e. The molecule has 1 unspecified atom stereocenters. The Morgan fingerprint density at radius 1 is 0.938 bits per heavy atom. The van der Waals surface area contributed by atoms with E-state index in [9.17, 15) is 14.4 Å². The second kappa shape index (κ2) is 9.34. The molecule has 3 aromatic carbocycles. The molecule has 7 heteroatoms. The summed E-state index contributed by atoms with van der Waals surface area (Å²) in [6, 6.07) is 22.5. The van der Waals surface area contributed by atoms with Crippen LogP contribution in [-0.2, 0) is 9.59 Å². The van der Waals surface area contributed by atoms with Gasteiger partial charge in [0.25, 0.3) is 0 Å². The predicted octanol–water partition coefficient (Wildman–Crippen LogP) is 3.91. The Hall–Kier alpha value is -4.13. The van der Waals surface area contributed by atoms with Crippen molar-refractivity contribution < 1.29 is 23.9 Å². The summed E-state index contributed by atoms with van der Waals surface area (Å²) in [4.78, 5) is 39.4. The van der Waals surface area contributed by atoms with Crippen molar-refractivity contribution in [3.8, 4) is 11.5 Å². The Labute approximate surface area is 185 Å². The van der Waals surface area contributed by atoms with Crippen LogP contribution in [0, 0.1) is 5.92 Å². The number of para-hydroxylation sites is 3. The molecule has 162 valence electrons. The highest BCUT2D eigenvalue weighted by Crippen LogP contribution is 2.29. The Morgan fingerprint density at radius 2 is 1.62 bits per heavy atom. The number of nitrogens with one attached hydrogen (secondary N) is 1. The van der Waals surface area contributed by atoms with Crippen LogP contribution in [0.3, 0.4) is 0 Å². The maximum absolute atomic E-state index is 12.9. The van der Waals surface area contributed by atoms with Gasteiger partial charge in [-0.05, 0) is 48.5 Å². The van der Waals surface area contributed by atoms with Crippen LogP contribution < -0.4 is 19.7 Å². The van der Waals surface area contributed by atoms with Crippen molar-refractivity contribution >= 4 is 29.2 Å². The number of anilines is 2. The van der Waals surface area contributed by atoms with Gasteiger partial charge in [0.05, 0.1) is 24.3 Å². The maximum Gasteiger partial charge on any atom is 0.343 e. The van der Waals surface area contributed by atoms with E-state index in [-0.39, 0.29) is 24.0 Å². The number of amides is 2. The van der Waals surface area contributed by atoms with Crippen molar-refractivity contribution in [3.05, 3.63) is 84.4 Å². The zero-order valence-corrected chi connectivity index (χ0v) is 17.5. The van der Waals surface area contributed by atoms with Crippen molar-refractivity contribution in [1.29, 1.82) is 0 Å². The lowest BCUT2D eigenvalue weighted by atomic mass is 10.1. The van der Waals surface area contributed by atoms with Crippen LogP contribution >= 0.6 is 0 Å². The van der Waals surface area contributed by atoms with E-state index in [0.29, 0.717) is 23.5 Å². The first kappa shape index (κ1) is 21.1. The average Bonchev–Trinajstić information content (AvgIpc) is 3.22. The Morgan fingerprint density at radius 3 is 2.34 bits per heavy atom. The van der Waals surface area contributed by atoms with E-state index < -0.39 is 11.9 Å². The van der Waals surface area contributed by atoms with Crippen LogP contribution in [-0.4, -0.2) is 31.4 Å². The highest BCUT2D eigenvalue weighted by atomic mass is 16.5. The van der Waals surface area contributed by atoms with Gasteiger partial charge >= 0.3 is 5.97 Å². The summed E-state index contributed by atoms with van der Waals surface area (Å²) in [5, 5.41) is 2.81. The zero-order valence-electron chi connectivity index (χ0n) is 17.5. The number of benzene rings is 3. The Bertz CT molecular complexity index is 1130. The number of rotatable bonds is 6. The lowest BCUT2D eigenvalue weighted by Gasteiger charge is -2.17. The molecule has 0 bridgehead atoms. The van der Waals surface area contributed by atoms with Crippen LogP contribution in [0.1, 0.15) is 16.8 Å². The van der Waals surface area contributed by atoms with Crippen molar-refractivity contribution in [2.24, 2.45) is 5.92 Å². The van der Waals surface area contributed by atoms with E-state index in [1.807, 2.05) is 30.3 Å². The van der Waals surface area contributed by atoms with Gasteiger partial charge in [0.2, 0.25) is 11.8 Å². The Kier molecular flexibility index (Phi) is 6.17. The molecule has 7 nitrogen and oxygen atoms in total. The molecule has 32 heavy (non-hydrogen) atoms. The van der Waals surface area contributed by atoms with Crippen LogP contribution in [0.4, 0.5) is 11.4 Å². The molecule has 1 saturated heterocycles. The second-order valence-electron chi connectivity index (χ2n) is 7.34. The molecule has 0 saturated carbocycles. The topological polar surface area (TPSA) is 84.9 Å². The van der Waals surface area contributed by atoms with Gasteiger partial charge in [0, 0.05) is 18.7 Å². The first-order valence-corrected chi connectivity index (χ1v) is 10.2. The lowest BCUT2D eigenvalue weighted by Crippen LogP contribution is -2.28. The SMILES string of the molecule is COc1ccc(C(=O)Oc2ccccc2NC(=O)C2CC(=O)N(c3ccccc3)C2)cc1. The molecule has 0 aromatic heterocycles. The number of ether oxygens (including phenoxy) is 2. The van der Waals surface area contributed by atoms with E-state index in [0.717, 1.165) is 5.69 Å². The van der Waals surface area contributed by atoms with E-state index in [1.165, 1.54) is 0 Å². The third-order valence-corrected chi connectivity index (χ3v) is 5.24. The van der Waals surface area contributed by atoms with Crippen molar-refractivity contribution in [3.63, 3.8) is 0 Å². The normalized spacial score (nSPS) is 15.3. The standard InChI is InChI=1S/C25H22N2O5/c1-31-20-13-11-17(12-14-20)25(30)32-22-10-6-5-9-21(22)26-24(29)18-15-23(28)27(16-18)19-7-3-2-4-8-19/h2-14,18H,15-16H2,1H3,(H,26,29). The molecular formula is C25H22N2O5. The highest BCUT2D eigenvalue weighted by molar-refractivity contribution is 6.04. The van der Waals surface area contributed by atoms with Gasteiger partial charge < -0.3 is 19.7 Å². The quantitative estimate of drug-likeness (QED) is 0.474. The lowest BCUT2D eigenvalue weighted by molar-refractivity contribution is -0.122. The van der Waals surface area contributed by atoms with E-state index in [1.54, 1.807) is 60.5 Å². The predicted molar refractivity (Wildman–Crippen MR) is 120 cm³/mol. The summed E-state index contributed by atoms with van der Waals surface area (Å²) in [6.45, 7) is 0.294. The molecule has 1 aliphatic rings. The summed E-state index contributed by atoms with van der Waals surface area (Å²) < 4.78 is 10.6. The van der Waals surface area contributed by atoms with Crippen molar-refractivity contribution in [1.82, 2.24) is 0 Å². The van der Waals surface area contributed by atoms with Gasteiger partial charge in [-0.1, -0.05) is 30.3 Å². The number of esters is 1. The number of nitrogens with zero attached hydrogens (tertiary/aromatic N) is 1. The molecule has 3 aromatic rings. The molecule has 0 radical (unpaired) electrons. The van der Waals surface area contributed by atoms with E-state index >= 15 is 0 Å². The summed E-state index contributed by atoms with van der Waals surface area (Å²) >= 11 is 0. The maximum atomic E-state index is 12.9.